The number of nitrogens with zero attached hydrogens (tertiary/aromatic N) is 1. The third kappa shape index (κ3) is 2.83. The Bertz CT molecular complexity index is 725. The first-order chi connectivity index (χ1) is 10.6. The number of hydrogen-bond acceptors (Lipinski definition) is 2. The largest absolute Gasteiger partial charge is 0.322 e. The van der Waals surface area contributed by atoms with Gasteiger partial charge in [-0.1, -0.05) is 47.5 Å². The first-order valence-corrected chi connectivity index (χ1v) is 8.51. The highest BCUT2D eigenvalue weighted by molar-refractivity contribution is 7.99. The molecule has 0 saturated carbocycles. The number of carbonyl (C=O) groups excluding carboxylic acids is 1. The van der Waals surface area contributed by atoms with Crippen LogP contribution in [0.5, 0.6) is 0 Å². The maximum absolute atomic E-state index is 13.9. The van der Waals surface area contributed by atoms with Gasteiger partial charge in [-0.2, -0.15) is 0 Å². The second kappa shape index (κ2) is 6.49. The second-order valence-electron chi connectivity index (χ2n) is 4.84. The zero-order valence-corrected chi connectivity index (χ0v) is 13.8. The van der Waals surface area contributed by atoms with E-state index in [0.717, 1.165) is 11.3 Å². The molecule has 0 N–H and O–H groups in total. The predicted molar refractivity (Wildman–Crippen MR) is 89.1 cm³/mol. The van der Waals surface area contributed by atoms with Gasteiger partial charge in [0.1, 0.15) is 11.2 Å². The number of benzene rings is 2. The topological polar surface area (TPSA) is 20.3 Å². The van der Waals surface area contributed by atoms with E-state index >= 15 is 0 Å². The molecular weight excluding hydrogens is 344 g/mol. The molecule has 0 unspecified atom stereocenters. The van der Waals surface area contributed by atoms with Crippen molar-refractivity contribution in [2.75, 3.05) is 12.3 Å². The van der Waals surface area contributed by atoms with Crippen LogP contribution in [-0.2, 0) is 0 Å². The van der Waals surface area contributed by atoms with Crippen LogP contribution in [-0.4, -0.2) is 23.1 Å². The molecule has 1 fully saturated rings. The molecule has 2 aromatic rings. The highest BCUT2D eigenvalue weighted by Gasteiger charge is 2.33. The predicted octanol–water partition coefficient (Wildman–Crippen LogP) is 5.02. The minimum Gasteiger partial charge on any atom is -0.322 e. The Kier molecular flexibility index (Phi) is 4.62. The molecule has 1 saturated heterocycles. The lowest BCUT2D eigenvalue weighted by molar-refractivity contribution is 0.0755. The lowest BCUT2D eigenvalue weighted by Gasteiger charge is -2.25. The van der Waals surface area contributed by atoms with Crippen LogP contribution in [0.25, 0.3) is 0 Å². The molecule has 0 spiro atoms. The highest BCUT2D eigenvalue weighted by atomic mass is 35.5. The van der Waals surface area contributed by atoms with Gasteiger partial charge in [-0.15, -0.1) is 11.8 Å². The summed E-state index contributed by atoms with van der Waals surface area (Å²) in [5.41, 5.74) is 0.856. The molecule has 2 aromatic carbocycles. The molecule has 0 radical (unpaired) electrons. The average Bonchev–Trinajstić information content (AvgIpc) is 2.99. The van der Waals surface area contributed by atoms with E-state index in [2.05, 4.69) is 0 Å². The zero-order chi connectivity index (χ0) is 15.7. The minimum atomic E-state index is -0.514. The molecule has 1 aliphatic heterocycles. The van der Waals surface area contributed by atoms with Crippen molar-refractivity contribution in [3.8, 4) is 0 Å². The van der Waals surface area contributed by atoms with Gasteiger partial charge in [-0.05, 0) is 18.2 Å². The first-order valence-electron chi connectivity index (χ1n) is 6.70. The van der Waals surface area contributed by atoms with Crippen LogP contribution in [0.4, 0.5) is 4.39 Å². The second-order valence-corrected chi connectivity index (χ2v) is 6.82. The third-order valence-corrected chi connectivity index (χ3v) is 5.58. The fourth-order valence-electron chi connectivity index (χ4n) is 2.44. The van der Waals surface area contributed by atoms with Gasteiger partial charge in [0.25, 0.3) is 5.91 Å². The Morgan fingerprint density at radius 3 is 2.73 bits per heavy atom. The Morgan fingerprint density at radius 2 is 1.95 bits per heavy atom. The van der Waals surface area contributed by atoms with Crippen LogP contribution in [0.3, 0.4) is 0 Å². The van der Waals surface area contributed by atoms with Crippen LogP contribution < -0.4 is 0 Å². The van der Waals surface area contributed by atoms with Gasteiger partial charge >= 0.3 is 0 Å². The van der Waals surface area contributed by atoms with E-state index in [0.29, 0.717) is 16.6 Å². The van der Waals surface area contributed by atoms with E-state index in [1.54, 1.807) is 40.9 Å². The minimum absolute atomic E-state index is 0.0770. The fraction of sp³-hybridized carbons (Fsp3) is 0.188. The molecule has 22 heavy (non-hydrogen) atoms. The SMILES string of the molecule is O=C(c1ccccc1F)N1CCS[C@@H]1c1cccc(Cl)c1Cl. The van der Waals surface area contributed by atoms with Crippen LogP contribution in [0.1, 0.15) is 21.3 Å². The summed E-state index contributed by atoms with van der Waals surface area (Å²) in [6.07, 6.45) is 0. The van der Waals surface area contributed by atoms with Gasteiger partial charge in [0.2, 0.25) is 0 Å². The van der Waals surface area contributed by atoms with E-state index in [1.165, 1.54) is 12.1 Å². The van der Waals surface area contributed by atoms with E-state index in [1.807, 2.05) is 6.07 Å². The van der Waals surface area contributed by atoms with E-state index < -0.39 is 5.82 Å². The number of rotatable bonds is 2. The number of amides is 1. The summed E-state index contributed by atoms with van der Waals surface area (Å²) < 4.78 is 13.9. The summed E-state index contributed by atoms with van der Waals surface area (Å²) in [5.74, 6) is -0.0715. The van der Waals surface area contributed by atoms with Gasteiger partial charge in [0.05, 0.1) is 15.6 Å². The van der Waals surface area contributed by atoms with Crippen molar-refractivity contribution < 1.29 is 9.18 Å². The molecular formula is C16H12Cl2FNOS. The Balaban J connectivity index is 1.95. The Morgan fingerprint density at radius 1 is 1.18 bits per heavy atom. The molecule has 114 valence electrons. The van der Waals surface area contributed by atoms with Crippen molar-refractivity contribution in [2.24, 2.45) is 0 Å². The maximum Gasteiger partial charge on any atom is 0.258 e. The summed E-state index contributed by atoms with van der Waals surface area (Å²) in [4.78, 5) is 14.3. The summed E-state index contributed by atoms with van der Waals surface area (Å²) in [6.45, 7) is 0.547. The van der Waals surface area contributed by atoms with Crippen LogP contribution in [0.2, 0.25) is 10.0 Å². The van der Waals surface area contributed by atoms with Crippen molar-refractivity contribution in [2.45, 2.75) is 5.37 Å². The average molecular weight is 356 g/mol. The quantitative estimate of drug-likeness (QED) is 0.753. The normalized spacial score (nSPS) is 17.8. The van der Waals surface area contributed by atoms with Crippen molar-refractivity contribution in [3.63, 3.8) is 0 Å². The smallest absolute Gasteiger partial charge is 0.258 e. The lowest BCUT2D eigenvalue weighted by atomic mass is 10.1. The van der Waals surface area contributed by atoms with Crippen molar-refractivity contribution in [1.82, 2.24) is 4.90 Å². The van der Waals surface area contributed by atoms with Gasteiger partial charge < -0.3 is 4.90 Å². The van der Waals surface area contributed by atoms with Crippen molar-refractivity contribution in [3.05, 3.63) is 69.5 Å². The first kappa shape index (κ1) is 15.7. The Hall–Kier alpha value is -1.23. The van der Waals surface area contributed by atoms with Crippen LogP contribution >= 0.6 is 35.0 Å². The third-order valence-electron chi connectivity index (χ3n) is 3.50. The molecule has 6 heteroatoms. The molecule has 1 amide bonds. The number of hydrogen-bond donors (Lipinski definition) is 0. The lowest BCUT2D eigenvalue weighted by Crippen LogP contribution is -2.31. The Labute approximate surface area is 142 Å². The van der Waals surface area contributed by atoms with Crippen LogP contribution in [0, 0.1) is 5.82 Å². The van der Waals surface area contributed by atoms with Crippen molar-refractivity contribution >= 4 is 40.9 Å². The molecule has 1 heterocycles. The summed E-state index contributed by atoms with van der Waals surface area (Å²) in [7, 11) is 0. The molecule has 3 rings (SSSR count). The van der Waals surface area contributed by atoms with Crippen molar-refractivity contribution in [1.29, 1.82) is 0 Å². The molecule has 1 atom stereocenters. The maximum atomic E-state index is 13.9. The fourth-order valence-corrected chi connectivity index (χ4v) is 4.19. The van der Waals surface area contributed by atoms with Gasteiger partial charge in [-0.25, -0.2) is 4.39 Å². The summed E-state index contributed by atoms with van der Waals surface area (Å²) in [6, 6.07) is 11.4. The molecule has 1 aliphatic rings. The zero-order valence-electron chi connectivity index (χ0n) is 11.4. The van der Waals surface area contributed by atoms with Gasteiger partial charge in [0.15, 0.2) is 0 Å². The standard InChI is InChI=1S/C16H12Cl2FNOS/c17-12-6-3-5-11(14(12)18)16-20(8-9-22-16)15(21)10-4-1-2-7-13(10)19/h1-7,16H,8-9H2/t16-/m1/s1. The highest BCUT2D eigenvalue weighted by Crippen LogP contribution is 2.43. The van der Waals surface area contributed by atoms with E-state index in [4.69, 9.17) is 23.2 Å². The molecule has 0 aromatic heterocycles. The van der Waals surface area contributed by atoms with Crippen LogP contribution in [0.15, 0.2) is 42.5 Å². The molecule has 2 nitrogen and oxygen atoms in total. The number of thioether (sulfide) groups is 1. The number of carbonyl (C=O) groups is 1. The molecule has 0 aliphatic carbocycles. The number of halogens is 3. The van der Waals surface area contributed by atoms with Gasteiger partial charge in [-0.3, -0.25) is 4.79 Å². The van der Waals surface area contributed by atoms with Gasteiger partial charge in [0, 0.05) is 17.9 Å². The summed E-state index contributed by atoms with van der Waals surface area (Å²) >= 11 is 13.9. The summed E-state index contributed by atoms with van der Waals surface area (Å²) in [5, 5.41) is 0.637. The monoisotopic (exact) mass is 355 g/mol. The molecule has 0 bridgehead atoms. The van der Waals surface area contributed by atoms with E-state index in [-0.39, 0.29) is 16.8 Å². The van der Waals surface area contributed by atoms with E-state index in [9.17, 15) is 9.18 Å².